The van der Waals surface area contributed by atoms with Crippen molar-refractivity contribution in [2.45, 2.75) is 17.9 Å². The highest BCUT2D eigenvalue weighted by Gasteiger charge is 2.24. The van der Waals surface area contributed by atoms with E-state index in [1.165, 1.54) is 3.97 Å². The number of halogens is 1. The first kappa shape index (κ1) is 20.4. The van der Waals surface area contributed by atoms with Gasteiger partial charge in [0, 0.05) is 35.7 Å². The van der Waals surface area contributed by atoms with Crippen LogP contribution in [0.5, 0.6) is 5.75 Å². The van der Waals surface area contributed by atoms with Gasteiger partial charge in [-0.3, -0.25) is 4.90 Å². The fourth-order valence-electron chi connectivity index (χ4n) is 3.77. The number of fused-ring (bicyclic) bond motifs is 1. The number of hydrogen-bond acceptors (Lipinski definition) is 5. The minimum absolute atomic E-state index is 0.213. The number of benzene rings is 2. The minimum Gasteiger partial charge on any atom is -0.497 e. The Balaban J connectivity index is 1.77. The lowest BCUT2D eigenvalue weighted by Gasteiger charge is -2.18. The predicted molar refractivity (Wildman–Crippen MR) is 118 cm³/mol. The third kappa shape index (κ3) is 4.07. The van der Waals surface area contributed by atoms with Crippen molar-refractivity contribution in [2.24, 2.45) is 0 Å². The van der Waals surface area contributed by atoms with Gasteiger partial charge in [0.15, 0.2) is 0 Å². The first-order valence-corrected chi connectivity index (χ1v) is 11.8. The fraction of sp³-hybridized carbons (Fsp3) is 0.333. The Bertz CT molecular complexity index is 1120. The van der Waals surface area contributed by atoms with Crippen LogP contribution in [-0.4, -0.2) is 50.6 Å². The summed E-state index contributed by atoms with van der Waals surface area (Å²) in [4.78, 5) is 2.59. The summed E-state index contributed by atoms with van der Waals surface area (Å²) in [7, 11) is -2.21. The number of methoxy groups -OCH3 is 1. The van der Waals surface area contributed by atoms with E-state index < -0.39 is 10.0 Å². The lowest BCUT2D eigenvalue weighted by atomic mass is 10.1. The number of nitrogens with zero attached hydrogens (tertiary/aromatic N) is 2. The van der Waals surface area contributed by atoms with Crippen LogP contribution in [0.15, 0.2) is 58.0 Å². The van der Waals surface area contributed by atoms with E-state index in [0.29, 0.717) is 15.7 Å². The van der Waals surface area contributed by atoms with Gasteiger partial charge in [-0.15, -0.1) is 0 Å². The van der Waals surface area contributed by atoms with E-state index in [9.17, 15) is 8.42 Å². The van der Waals surface area contributed by atoms with Gasteiger partial charge in [-0.05, 0) is 65.3 Å². The average Bonchev–Trinajstić information content (AvgIpc) is 2.89. The molecule has 3 aromatic rings. The molecule has 2 heterocycles. The van der Waals surface area contributed by atoms with Crippen molar-refractivity contribution in [1.82, 2.24) is 14.2 Å². The molecule has 8 heteroatoms. The lowest BCUT2D eigenvalue weighted by molar-refractivity contribution is 0.285. The molecule has 4 rings (SSSR count). The molecule has 0 radical (unpaired) electrons. The van der Waals surface area contributed by atoms with Crippen LogP contribution in [0.1, 0.15) is 12.0 Å². The molecule has 0 aliphatic carbocycles. The summed E-state index contributed by atoms with van der Waals surface area (Å²) in [5.41, 5.74) is 1.72. The van der Waals surface area contributed by atoms with Gasteiger partial charge in [0.2, 0.25) is 0 Å². The molecule has 0 spiro atoms. The Morgan fingerprint density at radius 2 is 1.97 bits per heavy atom. The SMILES string of the molecule is COc1ccc(S(=O)(=O)n2cc(CN3CCCNCC3)c3ccccc32)c(Br)c1. The second-order valence-electron chi connectivity index (χ2n) is 7.15. The van der Waals surface area contributed by atoms with Crippen LogP contribution >= 0.6 is 15.9 Å². The van der Waals surface area contributed by atoms with Crippen molar-refractivity contribution < 1.29 is 13.2 Å². The molecule has 1 aliphatic rings. The quantitative estimate of drug-likeness (QED) is 0.609. The number of aromatic nitrogens is 1. The summed E-state index contributed by atoms with van der Waals surface area (Å²) in [6.45, 7) is 4.67. The molecule has 0 unspecified atom stereocenters. The largest absolute Gasteiger partial charge is 0.497 e. The van der Waals surface area contributed by atoms with Crippen LogP contribution in [0, 0.1) is 0 Å². The number of nitrogens with one attached hydrogen (secondary N) is 1. The van der Waals surface area contributed by atoms with Gasteiger partial charge in [-0.1, -0.05) is 18.2 Å². The maximum absolute atomic E-state index is 13.5. The third-order valence-electron chi connectivity index (χ3n) is 5.26. The zero-order chi connectivity index (χ0) is 20.4. The van der Waals surface area contributed by atoms with E-state index in [4.69, 9.17) is 4.74 Å². The average molecular weight is 478 g/mol. The summed E-state index contributed by atoms with van der Waals surface area (Å²) in [5, 5.41) is 4.38. The molecule has 0 amide bonds. The van der Waals surface area contributed by atoms with Crippen molar-refractivity contribution in [3.63, 3.8) is 0 Å². The molecule has 2 aromatic carbocycles. The molecule has 6 nitrogen and oxygen atoms in total. The fourth-order valence-corrected chi connectivity index (χ4v) is 6.18. The Labute approximate surface area is 179 Å². The molecule has 0 bridgehead atoms. The minimum atomic E-state index is -3.77. The van der Waals surface area contributed by atoms with Crippen LogP contribution in [0.4, 0.5) is 0 Å². The van der Waals surface area contributed by atoms with Crippen molar-refractivity contribution in [3.05, 3.63) is 58.7 Å². The molecule has 1 fully saturated rings. The van der Waals surface area contributed by atoms with E-state index in [-0.39, 0.29) is 4.90 Å². The lowest BCUT2D eigenvalue weighted by Crippen LogP contribution is -2.27. The van der Waals surface area contributed by atoms with Gasteiger partial charge in [0.1, 0.15) is 10.6 Å². The van der Waals surface area contributed by atoms with Crippen molar-refractivity contribution in [2.75, 3.05) is 33.3 Å². The zero-order valence-electron chi connectivity index (χ0n) is 16.3. The predicted octanol–water partition coefficient (Wildman–Crippen LogP) is 3.44. The highest BCUT2D eigenvalue weighted by Crippen LogP contribution is 2.32. The second kappa shape index (κ2) is 8.47. The number of ether oxygens (including phenoxy) is 1. The van der Waals surface area contributed by atoms with Gasteiger partial charge in [0.25, 0.3) is 10.0 Å². The Morgan fingerprint density at radius 1 is 1.14 bits per heavy atom. The smallest absolute Gasteiger partial charge is 0.269 e. The van der Waals surface area contributed by atoms with Gasteiger partial charge < -0.3 is 10.1 Å². The number of hydrogen-bond donors (Lipinski definition) is 1. The highest BCUT2D eigenvalue weighted by atomic mass is 79.9. The van der Waals surface area contributed by atoms with Crippen molar-refractivity contribution in [3.8, 4) is 5.75 Å². The molecule has 1 saturated heterocycles. The van der Waals surface area contributed by atoms with Crippen LogP contribution in [0.2, 0.25) is 0 Å². The Kier molecular flexibility index (Phi) is 5.96. The van der Waals surface area contributed by atoms with E-state index in [2.05, 4.69) is 26.1 Å². The summed E-state index contributed by atoms with van der Waals surface area (Å²) in [5.74, 6) is 0.601. The molecular weight excluding hydrogens is 454 g/mol. The van der Waals surface area contributed by atoms with E-state index in [1.807, 2.05) is 24.3 Å². The van der Waals surface area contributed by atoms with Gasteiger partial charge in [-0.25, -0.2) is 12.4 Å². The maximum Gasteiger partial charge on any atom is 0.269 e. The van der Waals surface area contributed by atoms with Crippen molar-refractivity contribution >= 4 is 36.9 Å². The Morgan fingerprint density at radius 3 is 2.76 bits per heavy atom. The first-order chi connectivity index (χ1) is 14.0. The third-order valence-corrected chi connectivity index (χ3v) is 7.91. The molecule has 1 aromatic heterocycles. The number of para-hydroxylation sites is 1. The van der Waals surface area contributed by atoms with Gasteiger partial charge in [0.05, 0.1) is 12.6 Å². The second-order valence-corrected chi connectivity index (χ2v) is 9.79. The van der Waals surface area contributed by atoms with E-state index in [1.54, 1.807) is 31.5 Å². The van der Waals surface area contributed by atoms with Crippen LogP contribution in [0.25, 0.3) is 10.9 Å². The normalized spacial score (nSPS) is 16.1. The van der Waals surface area contributed by atoms with Crippen LogP contribution in [0.3, 0.4) is 0 Å². The van der Waals surface area contributed by atoms with Gasteiger partial charge in [-0.2, -0.15) is 0 Å². The first-order valence-electron chi connectivity index (χ1n) is 9.62. The summed E-state index contributed by atoms with van der Waals surface area (Å²) in [6.07, 6.45) is 2.87. The zero-order valence-corrected chi connectivity index (χ0v) is 18.7. The van der Waals surface area contributed by atoms with Crippen LogP contribution < -0.4 is 10.1 Å². The Hall–Kier alpha value is -1.87. The van der Waals surface area contributed by atoms with Crippen LogP contribution in [-0.2, 0) is 16.6 Å². The maximum atomic E-state index is 13.5. The highest BCUT2D eigenvalue weighted by molar-refractivity contribution is 9.10. The molecular formula is C21H24BrN3O3S. The molecule has 0 atom stereocenters. The summed E-state index contributed by atoms with van der Waals surface area (Å²) in [6, 6.07) is 12.6. The molecule has 154 valence electrons. The van der Waals surface area contributed by atoms with Crippen molar-refractivity contribution in [1.29, 1.82) is 0 Å². The summed E-state index contributed by atoms with van der Waals surface area (Å²) < 4.78 is 34.1. The summed E-state index contributed by atoms with van der Waals surface area (Å²) >= 11 is 3.39. The molecule has 0 saturated carbocycles. The molecule has 1 aliphatic heterocycles. The van der Waals surface area contributed by atoms with Gasteiger partial charge >= 0.3 is 0 Å². The molecule has 1 N–H and O–H groups in total. The van der Waals surface area contributed by atoms with E-state index in [0.717, 1.165) is 50.1 Å². The standard InChI is InChI=1S/C21H24BrN3O3S/c1-28-17-7-8-21(19(22)13-17)29(26,27)25-15-16(18-5-2-3-6-20(18)25)14-24-11-4-9-23-10-12-24/h2-3,5-8,13,15,23H,4,9-12,14H2,1H3. The van der Waals surface area contributed by atoms with E-state index >= 15 is 0 Å². The number of rotatable bonds is 5. The topological polar surface area (TPSA) is 63.6 Å². The monoisotopic (exact) mass is 477 g/mol. The molecule has 29 heavy (non-hydrogen) atoms.